The summed E-state index contributed by atoms with van der Waals surface area (Å²) < 4.78 is 25.3. The molecule has 0 spiro atoms. The summed E-state index contributed by atoms with van der Waals surface area (Å²) in [5, 5.41) is 0. The van der Waals surface area contributed by atoms with Crippen molar-refractivity contribution in [3.63, 3.8) is 0 Å². The van der Waals surface area contributed by atoms with Crippen LogP contribution >= 0.6 is 0 Å². The van der Waals surface area contributed by atoms with Crippen molar-refractivity contribution in [2.24, 2.45) is 0 Å². The van der Waals surface area contributed by atoms with Gasteiger partial charge in [-0.15, -0.1) is 0 Å². The van der Waals surface area contributed by atoms with Crippen molar-refractivity contribution < 1.29 is 22.8 Å². The van der Waals surface area contributed by atoms with Gasteiger partial charge in [0, 0.05) is 64.3 Å². The maximum atomic E-state index is 13.4. The minimum atomic E-state index is -3.77. The summed E-state index contributed by atoms with van der Waals surface area (Å²) in [6.07, 6.45) is 3.84. The molecular weight excluding hydrogens is 482 g/mol. The molecular formula is C25H31N5O5S. The molecule has 192 valence electrons. The molecule has 2 aromatic rings. The first-order valence-corrected chi connectivity index (χ1v) is 13.8. The lowest BCUT2D eigenvalue weighted by atomic mass is 10.1. The second-order valence-electron chi connectivity index (χ2n) is 9.17. The number of benzene rings is 1. The number of hydrogen-bond acceptors (Lipinski definition) is 7. The van der Waals surface area contributed by atoms with Crippen LogP contribution in [0.2, 0.25) is 0 Å². The van der Waals surface area contributed by atoms with E-state index in [1.54, 1.807) is 11.0 Å². The van der Waals surface area contributed by atoms with Gasteiger partial charge in [0.15, 0.2) is 9.84 Å². The fourth-order valence-electron chi connectivity index (χ4n) is 4.67. The summed E-state index contributed by atoms with van der Waals surface area (Å²) in [5.74, 6) is 0.157. The Hall–Kier alpha value is -3.47. The lowest BCUT2D eigenvalue weighted by molar-refractivity contribution is -0.125. The topological polar surface area (TPSA) is 111 Å². The first-order valence-electron chi connectivity index (χ1n) is 11.9. The van der Waals surface area contributed by atoms with Crippen LogP contribution in [0.15, 0.2) is 35.4 Å². The number of anilines is 2. The highest BCUT2D eigenvalue weighted by Crippen LogP contribution is 2.28. The van der Waals surface area contributed by atoms with Crippen LogP contribution in [0.4, 0.5) is 16.3 Å². The van der Waals surface area contributed by atoms with Crippen molar-refractivity contribution in [3.8, 4) is 0 Å². The minimum absolute atomic E-state index is 0.0753. The number of carbonyl (C=O) groups is 3. The van der Waals surface area contributed by atoms with Gasteiger partial charge in [-0.2, -0.15) is 0 Å². The SMILES string of the molecule is CCc1cnc(N2CCN(C(=O)c3ccc(N4CCN(C(C)=O)C4=O)cc3S(C)(=O)=O)CC2)c(C)c1. The standard InChI is InChI=1S/C25H31N5O5S/c1-5-19-14-17(2)23(26-16-19)27-8-10-28(11-9-27)24(32)21-7-6-20(15-22(21)36(4,34)35)30-13-12-29(18(3)31)25(30)33/h6-7,14-16H,5,8-13H2,1-4H3. The predicted octanol–water partition coefficient (Wildman–Crippen LogP) is 2.11. The molecule has 4 rings (SSSR count). The van der Waals surface area contributed by atoms with Crippen molar-refractivity contribution in [1.82, 2.24) is 14.8 Å². The van der Waals surface area contributed by atoms with Gasteiger partial charge < -0.3 is 9.80 Å². The molecule has 2 aliphatic heterocycles. The number of nitrogens with zero attached hydrogens (tertiary/aromatic N) is 5. The number of amides is 4. The van der Waals surface area contributed by atoms with Gasteiger partial charge in [0.1, 0.15) is 5.82 Å². The van der Waals surface area contributed by atoms with Crippen LogP contribution in [-0.2, 0) is 21.1 Å². The van der Waals surface area contributed by atoms with E-state index in [1.165, 1.54) is 29.5 Å². The highest BCUT2D eigenvalue weighted by Gasteiger charge is 2.34. The van der Waals surface area contributed by atoms with Gasteiger partial charge in [0.2, 0.25) is 5.91 Å². The van der Waals surface area contributed by atoms with Crippen molar-refractivity contribution in [2.45, 2.75) is 32.1 Å². The monoisotopic (exact) mass is 513 g/mol. The van der Waals surface area contributed by atoms with E-state index in [9.17, 15) is 22.8 Å². The molecule has 0 saturated carbocycles. The Morgan fingerprint density at radius 2 is 1.72 bits per heavy atom. The first-order chi connectivity index (χ1) is 17.0. The predicted molar refractivity (Wildman–Crippen MR) is 136 cm³/mol. The zero-order valence-electron chi connectivity index (χ0n) is 21.0. The van der Waals surface area contributed by atoms with Crippen LogP contribution in [0.25, 0.3) is 0 Å². The fraction of sp³-hybridized carbons (Fsp3) is 0.440. The number of piperazine rings is 1. The Morgan fingerprint density at radius 3 is 2.28 bits per heavy atom. The zero-order valence-corrected chi connectivity index (χ0v) is 21.8. The Balaban J connectivity index is 1.54. The third kappa shape index (κ3) is 4.92. The molecule has 2 aliphatic rings. The van der Waals surface area contributed by atoms with E-state index in [2.05, 4.69) is 22.9 Å². The second-order valence-corrected chi connectivity index (χ2v) is 11.2. The number of urea groups is 1. The number of imide groups is 1. The summed E-state index contributed by atoms with van der Waals surface area (Å²) in [7, 11) is -3.77. The average molecular weight is 514 g/mol. The average Bonchev–Trinajstić information content (AvgIpc) is 3.24. The van der Waals surface area contributed by atoms with Crippen LogP contribution < -0.4 is 9.80 Å². The van der Waals surface area contributed by atoms with Gasteiger partial charge >= 0.3 is 6.03 Å². The zero-order chi connectivity index (χ0) is 26.2. The lowest BCUT2D eigenvalue weighted by Gasteiger charge is -2.36. The van der Waals surface area contributed by atoms with Crippen LogP contribution in [0.1, 0.15) is 35.3 Å². The normalized spacial score (nSPS) is 16.6. The first kappa shape index (κ1) is 25.6. The van der Waals surface area contributed by atoms with Gasteiger partial charge in [-0.05, 0) is 42.7 Å². The van der Waals surface area contributed by atoms with E-state index >= 15 is 0 Å². The van der Waals surface area contributed by atoms with Crippen LogP contribution in [0, 0.1) is 6.92 Å². The van der Waals surface area contributed by atoms with Gasteiger partial charge in [-0.3, -0.25) is 19.4 Å². The minimum Gasteiger partial charge on any atom is -0.353 e. The molecule has 10 nitrogen and oxygen atoms in total. The van der Waals surface area contributed by atoms with Gasteiger partial charge in [0.25, 0.3) is 5.91 Å². The van der Waals surface area contributed by atoms with E-state index in [0.717, 1.165) is 29.0 Å². The largest absolute Gasteiger partial charge is 0.353 e. The molecule has 3 heterocycles. The lowest BCUT2D eigenvalue weighted by Crippen LogP contribution is -2.49. The van der Waals surface area contributed by atoms with Gasteiger partial charge in [-0.25, -0.2) is 18.2 Å². The van der Waals surface area contributed by atoms with Gasteiger partial charge in [-0.1, -0.05) is 13.0 Å². The molecule has 0 unspecified atom stereocenters. The third-order valence-corrected chi connectivity index (χ3v) is 7.81. The number of aryl methyl sites for hydroxylation is 2. The van der Waals surface area contributed by atoms with E-state index in [-0.39, 0.29) is 35.4 Å². The number of pyridine rings is 1. The molecule has 11 heteroatoms. The Bertz CT molecular complexity index is 1320. The maximum Gasteiger partial charge on any atom is 0.331 e. The van der Waals surface area contributed by atoms with E-state index in [1.807, 2.05) is 13.1 Å². The molecule has 2 fully saturated rings. The third-order valence-electron chi connectivity index (χ3n) is 6.68. The van der Waals surface area contributed by atoms with Crippen molar-refractivity contribution in [3.05, 3.63) is 47.2 Å². The highest BCUT2D eigenvalue weighted by atomic mass is 32.2. The summed E-state index contributed by atoms with van der Waals surface area (Å²) in [6.45, 7) is 7.92. The summed E-state index contributed by atoms with van der Waals surface area (Å²) in [4.78, 5) is 48.3. The van der Waals surface area contributed by atoms with Crippen molar-refractivity contribution >= 4 is 39.2 Å². The van der Waals surface area contributed by atoms with Crippen molar-refractivity contribution in [1.29, 1.82) is 0 Å². The number of carbonyl (C=O) groups excluding carboxylic acids is 3. The Labute approximate surface area is 211 Å². The molecule has 1 aromatic heterocycles. The molecule has 2 saturated heterocycles. The molecule has 0 aliphatic carbocycles. The summed E-state index contributed by atoms with van der Waals surface area (Å²) in [6, 6.07) is 5.98. The summed E-state index contributed by atoms with van der Waals surface area (Å²) >= 11 is 0. The second kappa shape index (κ2) is 9.88. The smallest absolute Gasteiger partial charge is 0.331 e. The molecule has 4 amide bonds. The molecule has 0 radical (unpaired) electrons. The van der Waals surface area contributed by atoms with E-state index in [4.69, 9.17) is 0 Å². The van der Waals surface area contributed by atoms with E-state index in [0.29, 0.717) is 31.9 Å². The molecule has 1 aromatic carbocycles. The quantitative estimate of drug-likeness (QED) is 0.602. The van der Waals surface area contributed by atoms with Crippen LogP contribution in [0.3, 0.4) is 0 Å². The highest BCUT2D eigenvalue weighted by molar-refractivity contribution is 7.90. The number of rotatable bonds is 5. The Morgan fingerprint density at radius 1 is 1.03 bits per heavy atom. The number of hydrogen-bond donors (Lipinski definition) is 0. The van der Waals surface area contributed by atoms with Crippen molar-refractivity contribution in [2.75, 3.05) is 55.3 Å². The summed E-state index contributed by atoms with van der Waals surface area (Å²) in [5.41, 5.74) is 2.67. The molecule has 36 heavy (non-hydrogen) atoms. The Kier molecular flexibility index (Phi) is 7.03. The maximum absolute atomic E-state index is 13.4. The molecule has 0 atom stereocenters. The molecule has 0 N–H and O–H groups in total. The van der Waals surface area contributed by atoms with Crippen LogP contribution in [0.5, 0.6) is 0 Å². The van der Waals surface area contributed by atoms with Crippen LogP contribution in [-0.4, -0.2) is 86.6 Å². The molecule has 0 bridgehead atoms. The fourth-order valence-corrected chi connectivity index (χ4v) is 5.56. The van der Waals surface area contributed by atoms with Gasteiger partial charge in [0.05, 0.1) is 10.5 Å². The van der Waals surface area contributed by atoms with E-state index < -0.39 is 15.9 Å². The number of aromatic nitrogens is 1. The number of sulfone groups is 1.